The van der Waals surface area contributed by atoms with Gasteiger partial charge in [-0.1, -0.05) is 74.5 Å². The number of nitrogens with two attached hydrogens (primary N) is 2. The minimum absolute atomic E-state index is 0.0309. The van der Waals surface area contributed by atoms with Gasteiger partial charge in [0.1, 0.15) is 18.1 Å². The second-order valence-electron chi connectivity index (χ2n) is 13.9. The number of amides is 6. The van der Waals surface area contributed by atoms with Gasteiger partial charge in [-0.25, -0.2) is 4.79 Å². The molecule has 0 bridgehead atoms. The molecule has 0 radical (unpaired) electrons. The van der Waals surface area contributed by atoms with E-state index >= 15 is 0 Å². The summed E-state index contributed by atoms with van der Waals surface area (Å²) in [5, 5.41) is 8.67. The Morgan fingerprint density at radius 3 is 1.80 bits per heavy atom. The average Bonchev–Trinajstić information content (AvgIpc) is 3.12. The molecule has 13 nitrogen and oxygen atoms in total. The zero-order valence-corrected chi connectivity index (χ0v) is 30.7. The molecule has 0 unspecified atom stereocenters. The van der Waals surface area contributed by atoms with Gasteiger partial charge in [0.15, 0.2) is 0 Å². The number of aryl methyl sites for hydroxylation is 1. The SMILES string of the molecule is CC(C)C[C@@H](NC(=O)[C@@H](Cc1ccccc1)NC(=O)[C@H](N)CCc1ccccc1)C(=O)N[C@H](CCCCN)C(=O)N1CCN(C(=O)N(C)C)CC1. The molecule has 3 rings (SSSR count). The Balaban J connectivity index is 1.73. The lowest BCUT2D eigenvalue weighted by molar-refractivity contribution is -0.139. The fourth-order valence-electron chi connectivity index (χ4n) is 6.05. The van der Waals surface area contributed by atoms with Crippen LogP contribution < -0.4 is 27.4 Å². The highest BCUT2D eigenvalue weighted by Gasteiger charge is 2.34. The molecule has 6 amide bonds. The third-order valence-corrected chi connectivity index (χ3v) is 8.99. The van der Waals surface area contributed by atoms with Gasteiger partial charge in [-0.05, 0) is 62.1 Å². The maximum Gasteiger partial charge on any atom is 0.319 e. The summed E-state index contributed by atoms with van der Waals surface area (Å²) in [5.41, 5.74) is 13.9. The van der Waals surface area contributed by atoms with E-state index in [1.54, 1.807) is 23.9 Å². The van der Waals surface area contributed by atoms with Gasteiger partial charge in [-0.3, -0.25) is 19.2 Å². The molecule has 51 heavy (non-hydrogen) atoms. The Hall–Kier alpha value is -4.49. The molecule has 0 aromatic heterocycles. The van der Waals surface area contributed by atoms with E-state index in [-0.39, 0.29) is 24.3 Å². The molecule has 4 atom stereocenters. The third kappa shape index (κ3) is 13.6. The van der Waals surface area contributed by atoms with Gasteiger partial charge >= 0.3 is 6.03 Å². The van der Waals surface area contributed by atoms with Crippen LogP contribution in [0.15, 0.2) is 60.7 Å². The van der Waals surface area contributed by atoms with E-state index in [9.17, 15) is 24.0 Å². The first-order valence-corrected chi connectivity index (χ1v) is 18.1. The lowest BCUT2D eigenvalue weighted by Crippen LogP contribution is -2.60. The van der Waals surface area contributed by atoms with Crippen LogP contribution >= 0.6 is 0 Å². The summed E-state index contributed by atoms with van der Waals surface area (Å²) in [5.74, 6) is -1.65. The summed E-state index contributed by atoms with van der Waals surface area (Å²) in [4.78, 5) is 72.2. The molecule has 1 aliphatic rings. The van der Waals surface area contributed by atoms with Gasteiger partial charge in [0, 0.05) is 46.7 Å². The Kier molecular flexibility index (Phi) is 16.9. The van der Waals surface area contributed by atoms with Crippen LogP contribution in [0.25, 0.3) is 0 Å². The number of unbranched alkanes of at least 4 members (excludes halogenated alkanes) is 1. The number of carbonyl (C=O) groups excluding carboxylic acids is 5. The predicted octanol–water partition coefficient (Wildman–Crippen LogP) is 1.64. The summed E-state index contributed by atoms with van der Waals surface area (Å²) in [6.45, 7) is 5.83. The average molecular weight is 707 g/mol. The van der Waals surface area contributed by atoms with Gasteiger partial charge in [0.2, 0.25) is 23.6 Å². The third-order valence-electron chi connectivity index (χ3n) is 8.99. The van der Waals surface area contributed by atoms with Gasteiger partial charge in [-0.15, -0.1) is 0 Å². The maximum absolute atomic E-state index is 13.9. The van der Waals surface area contributed by atoms with Crippen LogP contribution in [0.5, 0.6) is 0 Å². The number of urea groups is 1. The van der Waals surface area contributed by atoms with E-state index in [2.05, 4.69) is 16.0 Å². The van der Waals surface area contributed by atoms with Crippen molar-refractivity contribution >= 4 is 29.7 Å². The highest BCUT2D eigenvalue weighted by molar-refractivity contribution is 5.95. The lowest BCUT2D eigenvalue weighted by atomic mass is 9.99. The highest BCUT2D eigenvalue weighted by atomic mass is 16.2. The molecule has 280 valence electrons. The van der Waals surface area contributed by atoms with Gasteiger partial charge < -0.3 is 42.1 Å². The summed E-state index contributed by atoms with van der Waals surface area (Å²) < 4.78 is 0. The summed E-state index contributed by atoms with van der Waals surface area (Å²) in [7, 11) is 3.38. The van der Waals surface area contributed by atoms with Crippen molar-refractivity contribution in [2.45, 2.75) is 83.0 Å². The number of piperazine rings is 1. The number of nitrogens with one attached hydrogen (secondary N) is 3. The number of benzene rings is 2. The molecule has 1 fully saturated rings. The van der Waals surface area contributed by atoms with Crippen LogP contribution in [0.2, 0.25) is 0 Å². The molecule has 0 aliphatic carbocycles. The molecule has 1 aliphatic heterocycles. The van der Waals surface area contributed by atoms with Crippen LogP contribution in [0.1, 0.15) is 57.1 Å². The van der Waals surface area contributed by atoms with Crippen LogP contribution in [-0.2, 0) is 32.0 Å². The molecule has 0 saturated carbocycles. The van der Waals surface area contributed by atoms with Crippen molar-refractivity contribution in [1.29, 1.82) is 0 Å². The number of hydrogen-bond acceptors (Lipinski definition) is 7. The van der Waals surface area contributed by atoms with Crippen molar-refractivity contribution in [2.24, 2.45) is 17.4 Å². The number of carbonyl (C=O) groups is 5. The molecule has 2 aromatic carbocycles. The van der Waals surface area contributed by atoms with E-state index < -0.39 is 41.9 Å². The fourth-order valence-corrected chi connectivity index (χ4v) is 6.05. The normalized spacial score (nSPS) is 15.4. The molecular formula is C38H58N8O5. The quantitative estimate of drug-likeness (QED) is 0.146. The largest absolute Gasteiger partial charge is 0.343 e. The van der Waals surface area contributed by atoms with Gasteiger partial charge in [-0.2, -0.15) is 0 Å². The minimum Gasteiger partial charge on any atom is -0.343 e. The Labute approximate surface area is 302 Å². The van der Waals surface area contributed by atoms with Crippen molar-refractivity contribution in [2.75, 3.05) is 46.8 Å². The zero-order valence-electron chi connectivity index (χ0n) is 30.7. The first kappa shape index (κ1) is 40.9. The number of nitrogens with zero attached hydrogens (tertiary/aromatic N) is 3. The van der Waals surface area contributed by atoms with Crippen LogP contribution in [-0.4, -0.2) is 115 Å². The Bertz CT molecular complexity index is 1400. The van der Waals surface area contributed by atoms with E-state index in [0.717, 1.165) is 11.1 Å². The molecule has 1 saturated heterocycles. The van der Waals surface area contributed by atoms with E-state index in [4.69, 9.17) is 11.5 Å². The smallest absolute Gasteiger partial charge is 0.319 e. The molecule has 2 aromatic rings. The summed E-state index contributed by atoms with van der Waals surface area (Å²) in [6, 6.07) is 15.3. The highest BCUT2D eigenvalue weighted by Crippen LogP contribution is 2.13. The zero-order chi connectivity index (χ0) is 37.3. The Morgan fingerprint density at radius 1 is 0.706 bits per heavy atom. The summed E-state index contributed by atoms with van der Waals surface area (Å²) >= 11 is 0. The lowest BCUT2D eigenvalue weighted by Gasteiger charge is -2.37. The van der Waals surface area contributed by atoms with Crippen molar-refractivity contribution < 1.29 is 24.0 Å². The first-order valence-electron chi connectivity index (χ1n) is 18.1. The second kappa shape index (κ2) is 21.0. The van der Waals surface area contributed by atoms with Crippen molar-refractivity contribution in [1.82, 2.24) is 30.7 Å². The summed E-state index contributed by atoms with van der Waals surface area (Å²) in [6.07, 6.45) is 3.21. The van der Waals surface area contributed by atoms with Crippen molar-refractivity contribution in [3.8, 4) is 0 Å². The molecule has 13 heteroatoms. The van der Waals surface area contributed by atoms with E-state index in [1.807, 2.05) is 74.5 Å². The second-order valence-corrected chi connectivity index (χ2v) is 13.9. The van der Waals surface area contributed by atoms with Crippen molar-refractivity contribution in [3.05, 3.63) is 71.8 Å². The van der Waals surface area contributed by atoms with E-state index in [0.29, 0.717) is 71.2 Å². The molecular weight excluding hydrogens is 648 g/mol. The predicted molar refractivity (Wildman–Crippen MR) is 198 cm³/mol. The number of hydrogen-bond donors (Lipinski definition) is 5. The number of rotatable bonds is 18. The van der Waals surface area contributed by atoms with Crippen LogP contribution in [0, 0.1) is 5.92 Å². The topological polar surface area (TPSA) is 183 Å². The molecule has 0 spiro atoms. The van der Waals surface area contributed by atoms with Gasteiger partial charge in [0.25, 0.3) is 0 Å². The molecule has 7 N–H and O–H groups in total. The van der Waals surface area contributed by atoms with Crippen LogP contribution in [0.4, 0.5) is 4.79 Å². The minimum atomic E-state index is -0.992. The van der Waals surface area contributed by atoms with Gasteiger partial charge in [0.05, 0.1) is 6.04 Å². The maximum atomic E-state index is 13.9. The van der Waals surface area contributed by atoms with Crippen LogP contribution in [0.3, 0.4) is 0 Å². The van der Waals surface area contributed by atoms with E-state index in [1.165, 1.54) is 4.90 Å². The Morgan fingerprint density at radius 2 is 1.24 bits per heavy atom. The standard InChI is InChI=1S/C38H58N8O5/c1-27(2)25-32(35(48)41-31(17-11-12-20-39)37(50)45-21-23-46(24-22-45)38(51)44(3)4)43-36(49)33(26-29-15-9-6-10-16-29)42-34(47)30(40)19-18-28-13-7-5-8-14-28/h5-10,13-16,27,30-33H,11-12,17-26,39-40H2,1-4H3,(H,41,48)(H,42,47)(H,43,49)/t30-,31-,32-,33-/m1/s1. The fraction of sp³-hybridized carbons (Fsp3) is 0.553. The molecule has 1 heterocycles. The first-order chi connectivity index (χ1) is 24.4. The van der Waals surface area contributed by atoms with Crippen molar-refractivity contribution in [3.63, 3.8) is 0 Å². The monoisotopic (exact) mass is 706 g/mol.